The van der Waals surface area contributed by atoms with E-state index in [0.717, 1.165) is 43.3 Å². The van der Waals surface area contributed by atoms with E-state index in [1.807, 2.05) is 91.3 Å². The van der Waals surface area contributed by atoms with E-state index in [2.05, 4.69) is 15.3 Å². The molecule has 0 N–H and O–H groups in total. The Labute approximate surface area is 221 Å². The maximum Gasteiger partial charge on any atom is 0.242 e. The van der Waals surface area contributed by atoms with Gasteiger partial charge in [0.2, 0.25) is 5.91 Å². The lowest BCUT2D eigenvalue weighted by Gasteiger charge is -2.31. The molecule has 9 heteroatoms. The topological polar surface area (TPSA) is 63.9 Å². The summed E-state index contributed by atoms with van der Waals surface area (Å²) in [6.07, 6.45) is 0. The molecule has 3 aromatic carbocycles. The van der Waals surface area contributed by atoms with Gasteiger partial charge in [0.15, 0.2) is 5.82 Å². The maximum absolute atomic E-state index is 13.7. The van der Waals surface area contributed by atoms with Crippen molar-refractivity contribution in [1.29, 1.82) is 0 Å². The number of fused-ring (bicyclic) bond motifs is 3. The third kappa shape index (κ3) is 4.05. The van der Waals surface area contributed by atoms with Crippen LogP contribution in [0.2, 0.25) is 5.02 Å². The zero-order chi connectivity index (χ0) is 24.8. The Hall–Kier alpha value is -3.33. The van der Waals surface area contributed by atoms with E-state index in [4.69, 9.17) is 11.6 Å². The molecular formula is C27H20ClN5OS2. The summed E-state index contributed by atoms with van der Waals surface area (Å²) >= 11 is 9.34. The second kappa shape index (κ2) is 9.28. The molecule has 178 valence electrons. The van der Waals surface area contributed by atoms with Crippen molar-refractivity contribution in [3.63, 3.8) is 0 Å². The van der Waals surface area contributed by atoms with Crippen molar-refractivity contribution < 1.29 is 4.79 Å². The van der Waals surface area contributed by atoms with Crippen LogP contribution in [0, 0.1) is 13.8 Å². The number of amides is 1. The molecule has 2 aromatic heterocycles. The van der Waals surface area contributed by atoms with Gasteiger partial charge in [-0.05, 0) is 50.2 Å². The molecule has 1 amide bonds. The van der Waals surface area contributed by atoms with E-state index in [1.54, 1.807) is 16.7 Å². The van der Waals surface area contributed by atoms with Crippen molar-refractivity contribution in [2.75, 3.05) is 10.7 Å². The number of benzene rings is 3. The Morgan fingerprint density at radius 2 is 1.67 bits per heavy atom. The van der Waals surface area contributed by atoms with Crippen LogP contribution in [0.15, 0.2) is 87.6 Å². The minimum Gasteiger partial charge on any atom is -0.278 e. The number of carbonyl (C=O) groups is 1. The molecule has 0 radical (unpaired) electrons. The largest absolute Gasteiger partial charge is 0.278 e. The molecule has 1 aliphatic rings. The molecule has 3 heterocycles. The van der Waals surface area contributed by atoms with Crippen LogP contribution in [0.5, 0.6) is 0 Å². The summed E-state index contributed by atoms with van der Waals surface area (Å²) in [6.45, 7) is 3.95. The Morgan fingerprint density at radius 3 is 2.47 bits per heavy atom. The molecule has 0 atom stereocenters. The SMILES string of the molecule is Cc1cc(C)n(-c2nnc(SCC(=O)N3c4ccccc4Sc4ccc(Cl)cc43)c3ccccc23)n1. The molecule has 0 fully saturated rings. The molecule has 6 rings (SSSR count). The van der Waals surface area contributed by atoms with E-state index in [0.29, 0.717) is 15.9 Å². The molecule has 36 heavy (non-hydrogen) atoms. The van der Waals surface area contributed by atoms with Crippen LogP contribution in [-0.4, -0.2) is 31.6 Å². The van der Waals surface area contributed by atoms with Crippen molar-refractivity contribution in [2.45, 2.75) is 28.7 Å². The number of aryl methyl sites for hydroxylation is 2. The molecule has 5 aromatic rings. The third-order valence-electron chi connectivity index (χ3n) is 5.91. The predicted octanol–water partition coefficient (Wildman–Crippen LogP) is 7.01. The minimum atomic E-state index is -0.0511. The lowest BCUT2D eigenvalue weighted by atomic mass is 10.2. The average Bonchev–Trinajstić information content (AvgIpc) is 3.23. The van der Waals surface area contributed by atoms with Crippen molar-refractivity contribution in [1.82, 2.24) is 20.0 Å². The zero-order valence-electron chi connectivity index (χ0n) is 19.5. The second-order valence-corrected chi connectivity index (χ2v) is 10.9. The van der Waals surface area contributed by atoms with E-state index in [9.17, 15) is 4.79 Å². The fourth-order valence-electron chi connectivity index (χ4n) is 4.36. The number of hydrogen-bond acceptors (Lipinski definition) is 6. The van der Waals surface area contributed by atoms with Crippen LogP contribution in [0.1, 0.15) is 11.4 Å². The summed E-state index contributed by atoms with van der Waals surface area (Å²) in [7, 11) is 0. The van der Waals surface area contributed by atoms with E-state index < -0.39 is 0 Å². The standard InChI is InChI=1S/C27H20ClN5OS2/c1-16-13-17(2)33(31-16)26-19-7-3-4-8-20(19)27(30-29-26)35-15-25(34)32-21-9-5-6-10-23(21)36-24-12-11-18(28)14-22(24)32/h3-14H,15H2,1-2H3. The number of nitrogens with zero attached hydrogens (tertiary/aromatic N) is 5. The van der Waals surface area contributed by atoms with Gasteiger partial charge in [0.05, 0.1) is 22.8 Å². The molecule has 0 saturated carbocycles. The first-order valence-electron chi connectivity index (χ1n) is 11.3. The monoisotopic (exact) mass is 529 g/mol. The number of thioether (sulfide) groups is 1. The third-order valence-corrected chi connectivity index (χ3v) is 8.25. The summed E-state index contributed by atoms with van der Waals surface area (Å²) in [4.78, 5) is 17.5. The smallest absolute Gasteiger partial charge is 0.242 e. The van der Waals surface area contributed by atoms with Crippen LogP contribution in [-0.2, 0) is 4.79 Å². The van der Waals surface area contributed by atoms with E-state index in [-0.39, 0.29) is 11.7 Å². The summed E-state index contributed by atoms with van der Waals surface area (Å²) in [5, 5.41) is 16.8. The first-order chi connectivity index (χ1) is 17.5. The molecule has 0 bridgehead atoms. The number of halogens is 1. The number of hydrogen-bond donors (Lipinski definition) is 0. The highest BCUT2D eigenvalue weighted by molar-refractivity contribution is 8.00. The maximum atomic E-state index is 13.7. The summed E-state index contributed by atoms with van der Waals surface area (Å²) in [5.41, 5.74) is 3.57. The van der Waals surface area contributed by atoms with Gasteiger partial charge in [0, 0.05) is 31.3 Å². The van der Waals surface area contributed by atoms with Crippen LogP contribution < -0.4 is 4.90 Å². The van der Waals surface area contributed by atoms with Crippen molar-refractivity contribution in [3.8, 4) is 5.82 Å². The first kappa shape index (κ1) is 23.1. The Kier molecular flexibility index (Phi) is 5.95. The molecule has 0 saturated heterocycles. The molecule has 0 unspecified atom stereocenters. The van der Waals surface area contributed by atoms with Gasteiger partial charge in [-0.2, -0.15) is 5.10 Å². The van der Waals surface area contributed by atoms with E-state index in [1.165, 1.54) is 11.8 Å². The fraction of sp³-hybridized carbons (Fsp3) is 0.111. The predicted molar refractivity (Wildman–Crippen MR) is 146 cm³/mol. The number of rotatable bonds is 4. The van der Waals surface area contributed by atoms with Crippen molar-refractivity contribution in [2.24, 2.45) is 0 Å². The normalized spacial score (nSPS) is 12.5. The Bertz CT molecular complexity index is 1650. The fourth-order valence-corrected chi connectivity index (χ4v) is 6.39. The van der Waals surface area contributed by atoms with Crippen molar-refractivity contribution in [3.05, 3.63) is 89.2 Å². The average molecular weight is 530 g/mol. The van der Waals surface area contributed by atoms with Gasteiger partial charge >= 0.3 is 0 Å². The quantitative estimate of drug-likeness (QED) is 0.233. The van der Waals surface area contributed by atoms with Crippen LogP contribution in [0.3, 0.4) is 0 Å². The lowest BCUT2D eigenvalue weighted by molar-refractivity contribution is -0.115. The highest BCUT2D eigenvalue weighted by atomic mass is 35.5. The van der Waals surface area contributed by atoms with Crippen molar-refractivity contribution >= 4 is 63.2 Å². The zero-order valence-corrected chi connectivity index (χ0v) is 21.9. The number of para-hydroxylation sites is 1. The second-order valence-electron chi connectivity index (χ2n) is 8.41. The highest BCUT2D eigenvalue weighted by Crippen LogP contribution is 2.49. The van der Waals surface area contributed by atoms with Gasteiger partial charge in [-0.1, -0.05) is 71.5 Å². The van der Waals surface area contributed by atoms with Gasteiger partial charge in [-0.15, -0.1) is 10.2 Å². The number of aromatic nitrogens is 4. The van der Waals surface area contributed by atoms with Crippen LogP contribution in [0.25, 0.3) is 16.6 Å². The van der Waals surface area contributed by atoms with Gasteiger partial charge in [-0.3, -0.25) is 9.69 Å². The highest BCUT2D eigenvalue weighted by Gasteiger charge is 2.28. The lowest BCUT2D eigenvalue weighted by Crippen LogP contribution is -2.30. The first-order valence-corrected chi connectivity index (χ1v) is 13.5. The molecular weight excluding hydrogens is 510 g/mol. The van der Waals surface area contributed by atoms with Gasteiger partial charge in [0.25, 0.3) is 0 Å². The van der Waals surface area contributed by atoms with Gasteiger partial charge in [-0.25, -0.2) is 4.68 Å². The van der Waals surface area contributed by atoms with Gasteiger partial charge < -0.3 is 0 Å². The summed E-state index contributed by atoms with van der Waals surface area (Å²) in [5.74, 6) is 0.824. The summed E-state index contributed by atoms with van der Waals surface area (Å²) in [6, 6.07) is 23.6. The number of anilines is 2. The van der Waals surface area contributed by atoms with Gasteiger partial charge in [0.1, 0.15) is 5.03 Å². The van der Waals surface area contributed by atoms with E-state index >= 15 is 0 Å². The minimum absolute atomic E-state index is 0.0511. The Balaban J connectivity index is 1.34. The van der Waals surface area contributed by atoms with Crippen LogP contribution >= 0.6 is 35.1 Å². The molecule has 0 spiro atoms. The Morgan fingerprint density at radius 1 is 0.917 bits per heavy atom. The number of carbonyl (C=O) groups excluding carboxylic acids is 1. The molecule has 6 nitrogen and oxygen atoms in total. The summed E-state index contributed by atoms with van der Waals surface area (Å²) < 4.78 is 1.81. The molecule has 0 aliphatic carbocycles. The molecule has 1 aliphatic heterocycles. The van der Waals surface area contributed by atoms with Crippen LogP contribution in [0.4, 0.5) is 11.4 Å².